The molecular formula is C11H13N3S. The SMILES string of the molecule is Cc1nc(Cc2cccnc2)sc1CN. The van der Waals surface area contributed by atoms with Crippen LogP contribution in [0.1, 0.15) is 21.1 Å². The van der Waals surface area contributed by atoms with Gasteiger partial charge in [0.25, 0.3) is 0 Å². The summed E-state index contributed by atoms with van der Waals surface area (Å²) in [6.45, 7) is 2.59. The van der Waals surface area contributed by atoms with Gasteiger partial charge in [0.1, 0.15) is 0 Å². The number of aryl methyl sites for hydroxylation is 1. The Bertz CT molecular complexity index is 436. The zero-order valence-electron chi connectivity index (χ0n) is 8.60. The van der Waals surface area contributed by atoms with Crippen molar-refractivity contribution in [2.45, 2.75) is 19.9 Å². The van der Waals surface area contributed by atoms with Gasteiger partial charge in [-0.25, -0.2) is 4.98 Å². The molecule has 0 fully saturated rings. The zero-order valence-corrected chi connectivity index (χ0v) is 9.42. The van der Waals surface area contributed by atoms with Crippen molar-refractivity contribution < 1.29 is 0 Å². The van der Waals surface area contributed by atoms with Crippen LogP contribution in [0.4, 0.5) is 0 Å². The maximum atomic E-state index is 5.62. The van der Waals surface area contributed by atoms with Gasteiger partial charge >= 0.3 is 0 Å². The standard InChI is InChI=1S/C11H13N3S/c1-8-10(6-12)15-11(14-8)5-9-3-2-4-13-7-9/h2-4,7H,5-6,12H2,1H3. The van der Waals surface area contributed by atoms with Crippen molar-refractivity contribution in [3.63, 3.8) is 0 Å². The van der Waals surface area contributed by atoms with Gasteiger partial charge in [0.15, 0.2) is 0 Å². The molecule has 78 valence electrons. The number of pyridine rings is 1. The molecule has 2 aromatic heterocycles. The summed E-state index contributed by atoms with van der Waals surface area (Å²) in [4.78, 5) is 9.74. The molecule has 0 atom stereocenters. The molecular weight excluding hydrogens is 206 g/mol. The van der Waals surface area contributed by atoms with Crippen molar-refractivity contribution in [3.05, 3.63) is 45.7 Å². The largest absolute Gasteiger partial charge is 0.326 e. The summed E-state index contributed by atoms with van der Waals surface area (Å²) in [7, 11) is 0. The van der Waals surface area contributed by atoms with Gasteiger partial charge in [-0.3, -0.25) is 4.98 Å². The van der Waals surface area contributed by atoms with Gasteiger partial charge < -0.3 is 5.73 Å². The molecule has 4 heteroatoms. The van der Waals surface area contributed by atoms with E-state index >= 15 is 0 Å². The second-order valence-corrected chi connectivity index (χ2v) is 4.53. The number of rotatable bonds is 3. The van der Waals surface area contributed by atoms with E-state index in [0.29, 0.717) is 6.54 Å². The smallest absolute Gasteiger partial charge is 0.0975 e. The fourth-order valence-electron chi connectivity index (χ4n) is 1.43. The molecule has 0 aromatic carbocycles. The van der Waals surface area contributed by atoms with Gasteiger partial charge in [-0.05, 0) is 18.6 Å². The van der Waals surface area contributed by atoms with Crippen LogP contribution in [-0.4, -0.2) is 9.97 Å². The molecule has 0 aliphatic heterocycles. The number of hydrogen-bond donors (Lipinski definition) is 1. The van der Waals surface area contributed by atoms with Gasteiger partial charge in [0.2, 0.25) is 0 Å². The van der Waals surface area contributed by atoms with Crippen LogP contribution in [0.2, 0.25) is 0 Å². The summed E-state index contributed by atoms with van der Waals surface area (Å²) in [5.41, 5.74) is 7.86. The van der Waals surface area contributed by atoms with Crippen LogP contribution in [0.15, 0.2) is 24.5 Å². The number of nitrogens with zero attached hydrogens (tertiary/aromatic N) is 2. The first kappa shape index (κ1) is 10.3. The zero-order chi connectivity index (χ0) is 10.7. The van der Waals surface area contributed by atoms with E-state index in [4.69, 9.17) is 5.73 Å². The molecule has 3 nitrogen and oxygen atoms in total. The van der Waals surface area contributed by atoms with E-state index in [1.807, 2.05) is 19.2 Å². The fourth-order valence-corrected chi connectivity index (χ4v) is 2.41. The summed E-state index contributed by atoms with van der Waals surface area (Å²) in [6, 6.07) is 4.01. The highest BCUT2D eigenvalue weighted by molar-refractivity contribution is 7.11. The number of hydrogen-bond acceptors (Lipinski definition) is 4. The summed E-state index contributed by atoms with van der Waals surface area (Å²) in [6.07, 6.45) is 4.50. The van der Waals surface area contributed by atoms with Gasteiger partial charge in [-0.1, -0.05) is 6.07 Å². The van der Waals surface area contributed by atoms with E-state index in [2.05, 4.69) is 16.0 Å². The van der Waals surface area contributed by atoms with E-state index in [-0.39, 0.29) is 0 Å². The molecule has 2 heterocycles. The lowest BCUT2D eigenvalue weighted by Gasteiger charge is -1.94. The molecule has 0 saturated carbocycles. The third-order valence-electron chi connectivity index (χ3n) is 2.20. The van der Waals surface area contributed by atoms with Gasteiger partial charge in [-0.15, -0.1) is 11.3 Å². The van der Waals surface area contributed by atoms with Crippen LogP contribution in [0, 0.1) is 6.92 Å². The Morgan fingerprint density at radius 2 is 2.33 bits per heavy atom. The van der Waals surface area contributed by atoms with Crippen molar-refractivity contribution in [1.29, 1.82) is 0 Å². The molecule has 0 bridgehead atoms. The average Bonchev–Trinajstić information content (AvgIpc) is 2.60. The highest BCUT2D eigenvalue weighted by Crippen LogP contribution is 2.19. The van der Waals surface area contributed by atoms with E-state index < -0.39 is 0 Å². The van der Waals surface area contributed by atoms with Crippen LogP contribution >= 0.6 is 11.3 Å². The Hall–Kier alpha value is -1.26. The molecule has 0 radical (unpaired) electrons. The van der Waals surface area contributed by atoms with Gasteiger partial charge in [0, 0.05) is 30.2 Å². The number of nitrogens with two attached hydrogens (primary N) is 1. The van der Waals surface area contributed by atoms with E-state index in [0.717, 1.165) is 17.1 Å². The first-order valence-corrected chi connectivity index (χ1v) is 5.65. The van der Waals surface area contributed by atoms with Crippen LogP contribution in [0.25, 0.3) is 0 Å². The van der Waals surface area contributed by atoms with Crippen molar-refractivity contribution in [2.75, 3.05) is 0 Å². The molecule has 0 saturated heterocycles. The number of aromatic nitrogens is 2. The second-order valence-electron chi connectivity index (χ2n) is 3.36. The third-order valence-corrected chi connectivity index (χ3v) is 3.38. The fraction of sp³-hybridized carbons (Fsp3) is 0.273. The summed E-state index contributed by atoms with van der Waals surface area (Å²) < 4.78 is 0. The predicted molar refractivity (Wildman–Crippen MR) is 61.8 cm³/mol. The van der Waals surface area contributed by atoms with E-state index in [1.54, 1.807) is 17.5 Å². The first-order chi connectivity index (χ1) is 7.29. The highest BCUT2D eigenvalue weighted by Gasteiger charge is 2.06. The summed E-state index contributed by atoms with van der Waals surface area (Å²) in [5, 5.41) is 1.11. The minimum Gasteiger partial charge on any atom is -0.326 e. The lowest BCUT2D eigenvalue weighted by Crippen LogP contribution is -1.94. The van der Waals surface area contributed by atoms with Crippen LogP contribution in [-0.2, 0) is 13.0 Å². The number of thiazole rings is 1. The van der Waals surface area contributed by atoms with Crippen molar-refractivity contribution in [3.8, 4) is 0 Å². The lowest BCUT2D eigenvalue weighted by molar-refractivity contribution is 1.04. The molecule has 0 aliphatic carbocycles. The van der Waals surface area contributed by atoms with Crippen molar-refractivity contribution in [2.24, 2.45) is 5.73 Å². The second kappa shape index (κ2) is 4.51. The molecule has 0 amide bonds. The maximum Gasteiger partial charge on any atom is 0.0975 e. The molecule has 15 heavy (non-hydrogen) atoms. The Morgan fingerprint density at radius 3 is 2.93 bits per heavy atom. The minimum absolute atomic E-state index is 0.580. The molecule has 2 N–H and O–H groups in total. The minimum atomic E-state index is 0.580. The first-order valence-electron chi connectivity index (χ1n) is 4.83. The normalized spacial score (nSPS) is 10.5. The van der Waals surface area contributed by atoms with Crippen LogP contribution in [0.5, 0.6) is 0 Å². The third kappa shape index (κ3) is 2.40. The summed E-state index contributed by atoms with van der Waals surface area (Å²) in [5.74, 6) is 0. The van der Waals surface area contributed by atoms with Gasteiger partial charge in [-0.2, -0.15) is 0 Å². The Kier molecular flexibility index (Phi) is 3.08. The molecule has 2 rings (SSSR count). The summed E-state index contributed by atoms with van der Waals surface area (Å²) >= 11 is 1.69. The van der Waals surface area contributed by atoms with E-state index in [9.17, 15) is 0 Å². The average molecular weight is 219 g/mol. The molecule has 0 spiro atoms. The monoisotopic (exact) mass is 219 g/mol. The van der Waals surface area contributed by atoms with Crippen molar-refractivity contribution in [1.82, 2.24) is 9.97 Å². The predicted octanol–water partition coefficient (Wildman–Crippen LogP) is 1.90. The van der Waals surface area contributed by atoms with E-state index in [1.165, 1.54) is 10.4 Å². The van der Waals surface area contributed by atoms with Gasteiger partial charge in [0.05, 0.1) is 10.7 Å². The van der Waals surface area contributed by atoms with Crippen LogP contribution < -0.4 is 5.73 Å². The molecule has 0 aliphatic rings. The lowest BCUT2D eigenvalue weighted by atomic mass is 10.2. The Labute approximate surface area is 93.0 Å². The van der Waals surface area contributed by atoms with Crippen molar-refractivity contribution >= 4 is 11.3 Å². The van der Waals surface area contributed by atoms with Crippen LogP contribution in [0.3, 0.4) is 0 Å². The topological polar surface area (TPSA) is 51.8 Å². The molecule has 2 aromatic rings. The Balaban J connectivity index is 2.18. The quantitative estimate of drug-likeness (QED) is 0.857. The maximum absolute atomic E-state index is 5.62. The highest BCUT2D eigenvalue weighted by atomic mass is 32.1. The molecule has 0 unspecified atom stereocenters. The Morgan fingerprint density at radius 1 is 1.47 bits per heavy atom.